The van der Waals surface area contributed by atoms with Gasteiger partial charge in [-0.2, -0.15) is 0 Å². The highest BCUT2D eigenvalue weighted by Crippen LogP contribution is 2.17. The van der Waals surface area contributed by atoms with Crippen molar-refractivity contribution in [2.45, 2.75) is 39.7 Å². The first-order valence-corrected chi connectivity index (χ1v) is 5.99. The summed E-state index contributed by atoms with van der Waals surface area (Å²) in [6.07, 6.45) is 2.29. The van der Waals surface area contributed by atoms with Crippen molar-refractivity contribution in [1.29, 1.82) is 0 Å². The van der Waals surface area contributed by atoms with Gasteiger partial charge in [0.25, 0.3) is 0 Å². The number of aryl methyl sites for hydroxylation is 2. The molecule has 1 rings (SSSR count). The lowest BCUT2D eigenvalue weighted by Gasteiger charge is -2.12. The van der Waals surface area contributed by atoms with Crippen LogP contribution in [0.25, 0.3) is 0 Å². The predicted molar refractivity (Wildman–Crippen MR) is 67.6 cm³/mol. The van der Waals surface area contributed by atoms with E-state index in [9.17, 15) is 0 Å². The average Bonchev–Trinajstić information content (AvgIpc) is 2.20. The zero-order chi connectivity index (χ0) is 11.3. The molecule has 1 atom stereocenters. The van der Waals surface area contributed by atoms with Gasteiger partial charge in [0.05, 0.1) is 0 Å². The van der Waals surface area contributed by atoms with Crippen LogP contribution in [0.5, 0.6) is 0 Å². The lowest BCUT2D eigenvalue weighted by molar-refractivity contribution is 0.530. The highest BCUT2D eigenvalue weighted by molar-refractivity contribution is 6.31. The van der Waals surface area contributed by atoms with Crippen LogP contribution in [0.1, 0.15) is 31.4 Å². The summed E-state index contributed by atoms with van der Waals surface area (Å²) in [7, 11) is 0. The summed E-state index contributed by atoms with van der Waals surface area (Å²) in [5.74, 6) is 0. The maximum atomic E-state index is 5.98. The van der Waals surface area contributed by atoms with Crippen molar-refractivity contribution in [3.8, 4) is 0 Å². The van der Waals surface area contributed by atoms with Crippen LogP contribution in [0.15, 0.2) is 18.2 Å². The van der Waals surface area contributed by atoms with Gasteiger partial charge in [0.1, 0.15) is 0 Å². The molecule has 1 unspecified atom stereocenters. The molecule has 0 aliphatic heterocycles. The Morgan fingerprint density at radius 3 is 2.73 bits per heavy atom. The normalized spacial score (nSPS) is 12.8. The third-order valence-corrected chi connectivity index (χ3v) is 3.07. The summed E-state index contributed by atoms with van der Waals surface area (Å²) < 4.78 is 0. The summed E-state index contributed by atoms with van der Waals surface area (Å²) in [4.78, 5) is 0. The largest absolute Gasteiger partial charge is 0.315 e. The van der Waals surface area contributed by atoms with Crippen molar-refractivity contribution < 1.29 is 0 Å². The third-order valence-electron chi connectivity index (χ3n) is 2.64. The summed E-state index contributed by atoms with van der Waals surface area (Å²) >= 11 is 5.98. The molecule has 1 nitrogen and oxygen atoms in total. The Kier molecular flexibility index (Phi) is 5.13. The van der Waals surface area contributed by atoms with Crippen molar-refractivity contribution in [3.63, 3.8) is 0 Å². The van der Waals surface area contributed by atoms with E-state index in [1.165, 1.54) is 17.5 Å². The van der Waals surface area contributed by atoms with Crippen molar-refractivity contribution in [2.75, 3.05) is 6.54 Å². The average molecular weight is 226 g/mol. The molecule has 0 radical (unpaired) electrons. The van der Waals surface area contributed by atoms with E-state index in [4.69, 9.17) is 11.6 Å². The smallest absolute Gasteiger partial charge is 0.0435 e. The number of hydrogen-bond donors (Lipinski definition) is 1. The van der Waals surface area contributed by atoms with E-state index in [0.29, 0.717) is 6.04 Å². The van der Waals surface area contributed by atoms with Crippen LogP contribution in [0, 0.1) is 6.92 Å². The van der Waals surface area contributed by atoms with Gasteiger partial charge >= 0.3 is 0 Å². The fourth-order valence-corrected chi connectivity index (χ4v) is 1.81. The van der Waals surface area contributed by atoms with Crippen LogP contribution < -0.4 is 5.32 Å². The molecule has 0 aliphatic rings. The fraction of sp³-hybridized carbons (Fsp3) is 0.538. The lowest BCUT2D eigenvalue weighted by atomic mass is 10.0. The molecule has 0 aromatic heterocycles. The van der Waals surface area contributed by atoms with Crippen LogP contribution in [0.4, 0.5) is 0 Å². The second-order valence-electron chi connectivity index (χ2n) is 4.08. The quantitative estimate of drug-likeness (QED) is 0.808. The van der Waals surface area contributed by atoms with E-state index >= 15 is 0 Å². The molecular weight excluding hydrogens is 206 g/mol. The second kappa shape index (κ2) is 6.14. The van der Waals surface area contributed by atoms with Crippen LogP contribution in [0.3, 0.4) is 0 Å². The molecule has 0 fully saturated rings. The van der Waals surface area contributed by atoms with Crippen LogP contribution in [0.2, 0.25) is 5.02 Å². The molecule has 1 aromatic carbocycles. The number of halogens is 1. The maximum absolute atomic E-state index is 5.98. The molecule has 1 aromatic rings. The van der Waals surface area contributed by atoms with Gasteiger partial charge in [-0.3, -0.25) is 0 Å². The first-order valence-electron chi connectivity index (χ1n) is 5.62. The summed E-state index contributed by atoms with van der Waals surface area (Å²) in [6.45, 7) is 7.47. The molecule has 1 N–H and O–H groups in total. The van der Waals surface area contributed by atoms with Crippen molar-refractivity contribution in [1.82, 2.24) is 5.32 Å². The van der Waals surface area contributed by atoms with Crippen molar-refractivity contribution >= 4 is 11.6 Å². The molecule has 0 heterocycles. The minimum atomic E-state index is 0.589. The monoisotopic (exact) mass is 225 g/mol. The Bertz CT molecular complexity index is 309. The van der Waals surface area contributed by atoms with Gasteiger partial charge in [0.2, 0.25) is 0 Å². The Morgan fingerprint density at radius 2 is 2.13 bits per heavy atom. The molecule has 0 amide bonds. The van der Waals surface area contributed by atoms with Gasteiger partial charge in [-0.25, -0.2) is 0 Å². The number of rotatable bonds is 5. The molecule has 0 bridgehead atoms. The van der Waals surface area contributed by atoms with E-state index < -0.39 is 0 Å². The van der Waals surface area contributed by atoms with E-state index in [0.717, 1.165) is 18.0 Å². The number of hydrogen-bond acceptors (Lipinski definition) is 1. The Labute approximate surface area is 97.8 Å². The highest BCUT2D eigenvalue weighted by Gasteiger charge is 2.02. The maximum Gasteiger partial charge on any atom is 0.0435 e. The Morgan fingerprint density at radius 1 is 1.40 bits per heavy atom. The molecule has 0 saturated carbocycles. The van der Waals surface area contributed by atoms with Crippen LogP contribution in [-0.4, -0.2) is 12.6 Å². The van der Waals surface area contributed by atoms with Gasteiger partial charge in [-0.1, -0.05) is 30.7 Å². The molecule has 15 heavy (non-hydrogen) atoms. The first-order chi connectivity index (χ1) is 7.13. The minimum absolute atomic E-state index is 0.589. The van der Waals surface area contributed by atoms with Gasteiger partial charge in [-0.15, -0.1) is 0 Å². The van der Waals surface area contributed by atoms with Gasteiger partial charge in [0.15, 0.2) is 0 Å². The summed E-state index contributed by atoms with van der Waals surface area (Å²) in [6, 6.07) is 6.88. The zero-order valence-corrected chi connectivity index (χ0v) is 10.6. The summed E-state index contributed by atoms with van der Waals surface area (Å²) in [5, 5.41) is 4.28. The number of benzene rings is 1. The molecule has 84 valence electrons. The minimum Gasteiger partial charge on any atom is -0.315 e. The molecule has 0 saturated heterocycles. The summed E-state index contributed by atoms with van der Waals surface area (Å²) in [5.41, 5.74) is 2.55. The van der Waals surface area contributed by atoms with Gasteiger partial charge < -0.3 is 5.32 Å². The lowest BCUT2D eigenvalue weighted by Crippen LogP contribution is -2.25. The fourth-order valence-electron chi connectivity index (χ4n) is 1.70. The van der Waals surface area contributed by atoms with Crippen molar-refractivity contribution in [2.24, 2.45) is 0 Å². The van der Waals surface area contributed by atoms with Gasteiger partial charge in [0, 0.05) is 11.1 Å². The van der Waals surface area contributed by atoms with E-state index in [2.05, 4.69) is 38.2 Å². The van der Waals surface area contributed by atoms with Crippen LogP contribution >= 0.6 is 11.6 Å². The van der Waals surface area contributed by atoms with E-state index in [1.807, 2.05) is 6.07 Å². The van der Waals surface area contributed by atoms with E-state index in [-0.39, 0.29) is 0 Å². The standard InChI is InChI=1S/C13H20ClN/c1-4-15-11(3)5-6-12-7-8-13(14)10(2)9-12/h7-9,11,15H,4-6H2,1-3H3. The third kappa shape index (κ3) is 4.23. The van der Waals surface area contributed by atoms with Crippen LogP contribution in [-0.2, 0) is 6.42 Å². The predicted octanol–water partition coefficient (Wildman–Crippen LogP) is 3.58. The van der Waals surface area contributed by atoms with Crippen molar-refractivity contribution in [3.05, 3.63) is 34.3 Å². The van der Waals surface area contributed by atoms with Gasteiger partial charge in [-0.05, 0) is 50.4 Å². The Hall–Kier alpha value is -0.530. The molecule has 0 aliphatic carbocycles. The number of nitrogens with one attached hydrogen (secondary N) is 1. The second-order valence-corrected chi connectivity index (χ2v) is 4.49. The first kappa shape index (κ1) is 12.5. The zero-order valence-electron chi connectivity index (χ0n) is 9.81. The molecular formula is C13H20ClN. The Balaban J connectivity index is 2.47. The molecule has 2 heteroatoms. The SMILES string of the molecule is CCNC(C)CCc1ccc(Cl)c(C)c1. The van der Waals surface area contributed by atoms with E-state index in [1.54, 1.807) is 0 Å². The highest BCUT2D eigenvalue weighted by atomic mass is 35.5. The molecule has 0 spiro atoms. The topological polar surface area (TPSA) is 12.0 Å².